The summed E-state index contributed by atoms with van der Waals surface area (Å²) in [5.74, 6) is 0.0585. The van der Waals surface area contributed by atoms with Crippen molar-refractivity contribution in [3.05, 3.63) is 59.7 Å². The number of hydrogen-bond acceptors (Lipinski definition) is 4. The number of nitrogens with one attached hydrogen (secondary N) is 2. The molecule has 2 aromatic rings. The van der Waals surface area contributed by atoms with Crippen LogP contribution < -0.4 is 15.5 Å². The zero-order chi connectivity index (χ0) is 21.7. The Hall–Kier alpha value is -3.35. The first-order valence-electron chi connectivity index (χ1n) is 10.1. The van der Waals surface area contributed by atoms with Gasteiger partial charge in [0.05, 0.1) is 5.69 Å². The highest BCUT2D eigenvalue weighted by molar-refractivity contribution is 6.21. The summed E-state index contributed by atoms with van der Waals surface area (Å²) in [6.45, 7) is 4.62. The minimum absolute atomic E-state index is 0.145. The second kappa shape index (κ2) is 9.43. The molecule has 7 heteroatoms. The highest BCUT2D eigenvalue weighted by atomic mass is 16.3. The molecule has 1 heterocycles. The average molecular weight is 409 g/mol. The highest BCUT2D eigenvalue weighted by Crippen LogP contribution is 2.24. The van der Waals surface area contributed by atoms with E-state index in [9.17, 15) is 19.5 Å². The van der Waals surface area contributed by atoms with Crippen LogP contribution in [0, 0.1) is 0 Å². The van der Waals surface area contributed by atoms with Crippen molar-refractivity contribution >= 4 is 23.5 Å². The third-order valence-electron chi connectivity index (χ3n) is 5.17. The lowest BCUT2D eigenvalue weighted by atomic mass is 10.0. The van der Waals surface area contributed by atoms with Gasteiger partial charge in [0.25, 0.3) is 5.91 Å². The van der Waals surface area contributed by atoms with Gasteiger partial charge in [-0.25, -0.2) is 9.69 Å². The third-order valence-corrected chi connectivity index (χ3v) is 5.17. The molecular weight excluding hydrogens is 382 g/mol. The first kappa shape index (κ1) is 21.4. The SMILES string of the molecule is CC(C)c1ccc(N2C(=O)NC(CCC(=O)NCCc3ccc(O)cc3)C2=O)cc1. The molecule has 7 nitrogen and oxygen atoms in total. The van der Waals surface area contributed by atoms with E-state index in [4.69, 9.17) is 0 Å². The van der Waals surface area contributed by atoms with Gasteiger partial charge in [-0.05, 0) is 54.2 Å². The molecule has 0 saturated carbocycles. The topological polar surface area (TPSA) is 98.7 Å². The molecule has 4 amide bonds. The van der Waals surface area contributed by atoms with Crippen LogP contribution in [0.2, 0.25) is 0 Å². The average Bonchev–Trinajstić information content (AvgIpc) is 3.01. The maximum atomic E-state index is 12.7. The molecule has 0 radical (unpaired) electrons. The molecule has 1 unspecified atom stereocenters. The van der Waals surface area contributed by atoms with Crippen LogP contribution in [0.25, 0.3) is 0 Å². The van der Waals surface area contributed by atoms with Gasteiger partial charge < -0.3 is 15.7 Å². The molecular formula is C23H27N3O4. The fourth-order valence-electron chi connectivity index (χ4n) is 3.35. The standard InChI is InChI=1S/C23H27N3O4/c1-15(2)17-5-7-18(8-6-17)26-22(29)20(25-23(26)30)11-12-21(28)24-14-13-16-3-9-19(27)10-4-16/h3-10,15,20,27H,11-14H2,1-2H3,(H,24,28)(H,25,30). The summed E-state index contributed by atoms with van der Waals surface area (Å²) in [5, 5.41) is 14.8. The Bertz CT molecular complexity index is 907. The lowest BCUT2D eigenvalue weighted by Crippen LogP contribution is -2.33. The summed E-state index contributed by atoms with van der Waals surface area (Å²) in [6.07, 6.45) is 1.04. The lowest BCUT2D eigenvalue weighted by molar-refractivity contribution is -0.121. The van der Waals surface area contributed by atoms with Crippen molar-refractivity contribution in [1.29, 1.82) is 0 Å². The number of amides is 4. The molecule has 1 saturated heterocycles. The summed E-state index contributed by atoms with van der Waals surface area (Å²) in [7, 11) is 0. The fourth-order valence-corrected chi connectivity index (χ4v) is 3.35. The van der Waals surface area contributed by atoms with Gasteiger partial charge in [-0.1, -0.05) is 38.1 Å². The quantitative estimate of drug-likeness (QED) is 0.584. The molecule has 1 fully saturated rings. The summed E-state index contributed by atoms with van der Waals surface area (Å²) in [4.78, 5) is 38.2. The van der Waals surface area contributed by atoms with E-state index in [-0.39, 0.29) is 30.4 Å². The smallest absolute Gasteiger partial charge is 0.329 e. The number of carbonyl (C=O) groups is 3. The Labute approximate surface area is 176 Å². The number of urea groups is 1. The number of phenols is 1. The Balaban J connectivity index is 1.47. The van der Waals surface area contributed by atoms with Crippen LogP contribution in [0.5, 0.6) is 5.75 Å². The number of nitrogens with zero attached hydrogens (tertiary/aromatic N) is 1. The Morgan fingerprint density at radius 2 is 1.77 bits per heavy atom. The van der Waals surface area contributed by atoms with Crippen LogP contribution in [0.3, 0.4) is 0 Å². The number of benzene rings is 2. The molecule has 3 N–H and O–H groups in total. The molecule has 1 aliphatic rings. The predicted octanol–water partition coefficient (Wildman–Crippen LogP) is 3.08. The van der Waals surface area contributed by atoms with Gasteiger partial charge >= 0.3 is 6.03 Å². The van der Waals surface area contributed by atoms with E-state index < -0.39 is 12.1 Å². The normalized spacial score (nSPS) is 16.1. The first-order chi connectivity index (χ1) is 14.3. The van der Waals surface area contributed by atoms with Gasteiger partial charge in [-0.2, -0.15) is 0 Å². The molecule has 3 rings (SSSR count). The molecule has 0 spiro atoms. The van der Waals surface area contributed by atoms with Crippen molar-refractivity contribution in [2.75, 3.05) is 11.4 Å². The summed E-state index contributed by atoms with van der Waals surface area (Å²) >= 11 is 0. The van der Waals surface area contributed by atoms with Crippen LogP contribution >= 0.6 is 0 Å². The lowest BCUT2D eigenvalue weighted by Gasteiger charge is -2.14. The van der Waals surface area contributed by atoms with Crippen LogP contribution in [0.15, 0.2) is 48.5 Å². The monoisotopic (exact) mass is 409 g/mol. The minimum Gasteiger partial charge on any atom is -0.508 e. The van der Waals surface area contributed by atoms with Crippen molar-refractivity contribution in [2.24, 2.45) is 0 Å². The van der Waals surface area contributed by atoms with Crippen LogP contribution in [0.1, 0.15) is 43.7 Å². The molecule has 1 aliphatic heterocycles. The fraction of sp³-hybridized carbons (Fsp3) is 0.348. The zero-order valence-electron chi connectivity index (χ0n) is 17.2. The van der Waals surface area contributed by atoms with E-state index >= 15 is 0 Å². The number of hydrogen-bond donors (Lipinski definition) is 3. The second-order valence-corrected chi connectivity index (χ2v) is 7.73. The van der Waals surface area contributed by atoms with E-state index in [1.807, 2.05) is 12.1 Å². The minimum atomic E-state index is -0.704. The van der Waals surface area contributed by atoms with Crippen LogP contribution in [-0.2, 0) is 16.0 Å². The van der Waals surface area contributed by atoms with E-state index in [1.54, 1.807) is 36.4 Å². The summed E-state index contributed by atoms with van der Waals surface area (Å²) in [6, 6.07) is 13.0. The van der Waals surface area contributed by atoms with Crippen LogP contribution in [0.4, 0.5) is 10.5 Å². The van der Waals surface area contributed by atoms with Gasteiger partial charge in [-0.3, -0.25) is 9.59 Å². The molecule has 1 atom stereocenters. The van der Waals surface area contributed by atoms with Crippen molar-refractivity contribution in [3.8, 4) is 5.75 Å². The van der Waals surface area contributed by atoms with Gasteiger partial charge in [0.15, 0.2) is 0 Å². The number of imide groups is 1. The summed E-state index contributed by atoms with van der Waals surface area (Å²) < 4.78 is 0. The first-order valence-corrected chi connectivity index (χ1v) is 10.1. The van der Waals surface area contributed by atoms with Crippen molar-refractivity contribution in [1.82, 2.24) is 10.6 Å². The van der Waals surface area contributed by atoms with E-state index in [2.05, 4.69) is 24.5 Å². The molecule has 0 aromatic heterocycles. The number of anilines is 1. The maximum Gasteiger partial charge on any atom is 0.329 e. The van der Waals surface area contributed by atoms with Gasteiger partial charge in [0.2, 0.25) is 5.91 Å². The van der Waals surface area contributed by atoms with Crippen molar-refractivity contribution in [3.63, 3.8) is 0 Å². The third kappa shape index (κ3) is 5.17. The van der Waals surface area contributed by atoms with Crippen molar-refractivity contribution in [2.45, 2.75) is 45.1 Å². The molecule has 30 heavy (non-hydrogen) atoms. The molecule has 0 aliphatic carbocycles. The highest BCUT2D eigenvalue weighted by Gasteiger charge is 2.38. The van der Waals surface area contributed by atoms with Crippen LogP contribution in [-0.4, -0.2) is 35.5 Å². The zero-order valence-corrected chi connectivity index (χ0v) is 17.2. The number of aromatic hydroxyl groups is 1. The largest absolute Gasteiger partial charge is 0.508 e. The van der Waals surface area contributed by atoms with Gasteiger partial charge in [-0.15, -0.1) is 0 Å². The molecule has 158 valence electrons. The number of rotatable bonds is 8. The van der Waals surface area contributed by atoms with E-state index in [0.29, 0.717) is 24.6 Å². The van der Waals surface area contributed by atoms with E-state index in [1.165, 1.54) is 0 Å². The Morgan fingerprint density at radius 1 is 1.10 bits per heavy atom. The van der Waals surface area contributed by atoms with Gasteiger partial charge in [0.1, 0.15) is 11.8 Å². The molecule has 0 bridgehead atoms. The Morgan fingerprint density at radius 3 is 2.40 bits per heavy atom. The Kier molecular flexibility index (Phi) is 6.72. The number of carbonyl (C=O) groups excluding carboxylic acids is 3. The second-order valence-electron chi connectivity index (χ2n) is 7.73. The van der Waals surface area contributed by atoms with Gasteiger partial charge in [0, 0.05) is 13.0 Å². The molecule has 2 aromatic carbocycles. The number of phenolic OH excluding ortho intramolecular Hbond substituents is 1. The maximum absolute atomic E-state index is 12.7. The predicted molar refractivity (Wildman–Crippen MR) is 114 cm³/mol. The van der Waals surface area contributed by atoms with E-state index in [0.717, 1.165) is 16.0 Å². The summed E-state index contributed by atoms with van der Waals surface area (Å²) in [5.41, 5.74) is 2.67. The van der Waals surface area contributed by atoms with Crippen molar-refractivity contribution < 1.29 is 19.5 Å².